The molecule has 0 aliphatic rings. The van der Waals surface area contributed by atoms with Crippen molar-refractivity contribution in [3.8, 4) is 0 Å². The summed E-state index contributed by atoms with van der Waals surface area (Å²) >= 11 is 0. The molecule has 3 heteroatoms. The van der Waals surface area contributed by atoms with Crippen LogP contribution in [-0.4, -0.2) is 25.8 Å². The highest BCUT2D eigenvalue weighted by atomic mass is 16.6. The lowest BCUT2D eigenvalue weighted by Gasteiger charge is -2.04. The van der Waals surface area contributed by atoms with Crippen LogP contribution in [0.2, 0.25) is 0 Å². The van der Waals surface area contributed by atoms with Crippen LogP contribution in [-0.2, 0) is 14.3 Å². The van der Waals surface area contributed by atoms with Crippen molar-refractivity contribution < 1.29 is 14.3 Å². The van der Waals surface area contributed by atoms with Crippen LogP contribution in [0, 0.1) is 0 Å². The molecular formula is C21H46O3. The quantitative estimate of drug-likeness (QED) is 0.205. The van der Waals surface area contributed by atoms with E-state index in [0.717, 1.165) is 6.42 Å². The van der Waals surface area contributed by atoms with Gasteiger partial charge in [-0.2, -0.15) is 0 Å². The van der Waals surface area contributed by atoms with Crippen molar-refractivity contribution >= 4 is 5.97 Å². The molecular weight excluding hydrogens is 300 g/mol. The number of hydrogen-bond acceptors (Lipinski definition) is 3. The molecule has 0 atom stereocenters. The molecule has 148 valence electrons. The molecule has 0 amide bonds. The topological polar surface area (TPSA) is 35.5 Å². The highest BCUT2D eigenvalue weighted by Gasteiger charge is 2.01. The number of esters is 1. The first-order valence-electron chi connectivity index (χ1n) is 9.00. The van der Waals surface area contributed by atoms with Crippen molar-refractivity contribution in [3.05, 3.63) is 12.2 Å². The molecule has 24 heavy (non-hydrogen) atoms. The maximum atomic E-state index is 10.8. The van der Waals surface area contributed by atoms with Gasteiger partial charge in [0.2, 0.25) is 0 Å². The second-order valence-electron chi connectivity index (χ2n) is 5.65. The molecule has 0 bridgehead atoms. The summed E-state index contributed by atoms with van der Waals surface area (Å²) in [5, 5.41) is 0. The zero-order valence-corrected chi connectivity index (χ0v) is 15.4. The van der Waals surface area contributed by atoms with Crippen LogP contribution in [0.3, 0.4) is 0 Å². The largest absolute Gasteiger partial charge is 0.460 e. The van der Waals surface area contributed by atoms with Gasteiger partial charge in [0.25, 0.3) is 0 Å². The lowest BCUT2D eigenvalue weighted by Crippen LogP contribution is -2.11. The van der Waals surface area contributed by atoms with E-state index in [-0.39, 0.29) is 20.8 Å². The fraction of sp³-hybridized carbons (Fsp3) is 0.857. The summed E-state index contributed by atoms with van der Waals surface area (Å²) in [6, 6.07) is 0. The van der Waals surface area contributed by atoms with E-state index >= 15 is 0 Å². The molecule has 0 aliphatic carbocycles. The molecule has 0 rings (SSSR count). The van der Waals surface area contributed by atoms with Gasteiger partial charge in [-0.1, -0.05) is 93.6 Å². The van der Waals surface area contributed by atoms with Gasteiger partial charge in [0, 0.05) is 12.2 Å². The fourth-order valence-electron chi connectivity index (χ4n) is 1.77. The second-order valence-corrected chi connectivity index (χ2v) is 5.65. The number of carbonyl (C=O) groups is 1. The third-order valence-corrected chi connectivity index (χ3v) is 3.11. The summed E-state index contributed by atoms with van der Waals surface area (Å²) < 4.78 is 9.89. The van der Waals surface area contributed by atoms with Crippen molar-refractivity contribution in [2.45, 2.75) is 100 Å². The van der Waals surface area contributed by atoms with E-state index in [1.54, 1.807) is 6.92 Å². The summed E-state index contributed by atoms with van der Waals surface area (Å²) in [6.07, 6.45) is 12.4. The van der Waals surface area contributed by atoms with Crippen LogP contribution < -0.4 is 0 Å². The second kappa shape index (κ2) is 27.0. The summed E-state index contributed by atoms with van der Waals surface area (Å²) in [4.78, 5) is 10.8. The monoisotopic (exact) mass is 346 g/mol. The van der Waals surface area contributed by atoms with Crippen molar-refractivity contribution in [2.24, 2.45) is 0 Å². The number of unbranched alkanes of at least 4 members (excludes halogenated alkanes) is 7. The minimum atomic E-state index is -0.352. The Morgan fingerprint density at radius 3 is 1.58 bits per heavy atom. The minimum Gasteiger partial charge on any atom is -0.460 e. The number of carbonyl (C=O) groups excluding carboxylic acids is 1. The third-order valence-electron chi connectivity index (χ3n) is 3.11. The smallest absolute Gasteiger partial charge is 0.333 e. The molecule has 0 aromatic heterocycles. The average Bonchev–Trinajstić information content (AvgIpc) is 2.51. The Labute approximate surface area is 153 Å². The summed E-state index contributed by atoms with van der Waals surface area (Å²) in [7, 11) is 0. The van der Waals surface area contributed by atoms with Gasteiger partial charge in [0.1, 0.15) is 6.61 Å². The molecule has 0 radical (unpaired) electrons. The lowest BCUT2D eigenvalue weighted by molar-refractivity contribution is -0.140. The van der Waals surface area contributed by atoms with E-state index in [1.165, 1.54) is 51.4 Å². The standard InChI is InChI=1S/C10H22.C9H16O3.2CH4/c1-3-5-7-9-10-8-6-4-2;1-4-5-11-6-7-12-9(10)8(2)3;;/h3-10H2,1-2H3;2,4-7H2,1,3H3;2*1H4. The third kappa shape index (κ3) is 29.2. The van der Waals surface area contributed by atoms with Gasteiger partial charge in [0.15, 0.2) is 0 Å². The van der Waals surface area contributed by atoms with E-state index in [1.807, 2.05) is 6.92 Å². The molecule has 0 unspecified atom stereocenters. The van der Waals surface area contributed by atoms with E-state index in [4.69, 9.17) is 9.47 Å². The molecule has 0 aromatic carbocycles. The van der Waals surface area contributed by atoms with Gasteiger partial charge in [-0.15, -0.1) is 0 Å². The molecule has 0 aromatic rings. The number of hydrogen-bond donors (Lipinski definition) is 0. The highest BCUT2D eigenvalue weighted by molar-refractivity contribution is 5.86. The SMILES string of the molecule is C.C.C=C(C)C(=O)OCCOCCC.CCCCCCCCCC. The number of rotatable bonds is 13. The Kier molecular flexibility index (Phi) is 34.9. The molecule has 0 saturated carbocycles. The molecule has 3 nitrogen and oxygen atoms in total. The predicted molar refractivity (Wildman–Crippen MR) is 109 cm³/mol. The van der Waals surface area contributed by atoms with Crippen LogP contribution >= 0.6 is 0 Å². The van der Waals surface area contributed by atoms with Crippen LogP contribution in [0.1, 0.15) is 100 Å². The summed E-state index contributed by atoms with van der Waals surface area (Å²) in [5.41, 5.74) is 0.422. The fourth-order valence-corrected chi connectivity index (χ4v) is 1.77. The van der Waals surface area contributed by atoms with Gasteiger partial charge in [-0.3, -0.25) is 0 Å². The molecule has 0 fully saturated rings. The van der Waals surface area contributed by atoms with Crippen molar-refractivity contribution in [2.75, 3.05) is 19.8 Å². The Morgan fingerprint density at radius 1 is 0.750 bits per heavy atom. The predicted octanol–water partition coefficient (Wildman–Crippen LogP) is 6.95. The normalized spacial score (nSPS) is 9.00. The van der Waals surface area contributed by atoms with Gasteiger partial charge in [-0.25, -0.2) is 4.79 Å². The van der Waals surface area contributed by atoms with Crippen molar-refractivity contribution in [1.29, 1.82) is 0 Å². The van der Waals surface area contributed by atoms with Crippen LogP contribution in [0.15, 0.2) is 12.2 Å². The first kappa shape index (κ1) is 31.0. The van der Waals surface area contributed by atoms with Gasteiger partial charge in [0.05, 0.1) is 6.61 Å². The summed E-state index contributed by atoms with van der Waals surface area (Å²) in [6.45, 7) is 13.1. The van der Waals surface area contributed by atoms with Crippen LogP contribution in [0.5, 0.6) is 0 Å². The van der Waals surface area contributed by atoms with E-state index in [0.29, 0.717) is 25.4 Å². The van der Waals surface area contributed by atoms with Gasteiger partial charge >= 0.3 is 5.97 Å². The molecule has 0 saturated heterocycles. The molecule has 0 N–H and O–H groups in total. The van der Waals surface area contributed by atoms with E-state index in [9.17, 15) is 4.79 Å². The zero-order valence-electron chi connectivity index (χ0n) is 15.4. The van der Waals surface area contributed by atoms with Gasteiger partial charge < -0.3 is 9.47 Å². The van der Waals surface area contributed by atoms with E-state index < -0.39 is 0 Å². The highest BCUT2D eigenvalue weighted by Crippen LogP contribution is 2.07. The molecule has 0 spiro atoms. The first-order valence-corrected chi connectivity index (χ1v) is 9.00. The lowest BCUT2D eigenvalue weighted by atomic mass is 10.1. The maximum absolute atomic E-state index is 10.8. The average molecular weight is 347 g/mol. The Morgan fingerprint density at radius 2 is 1.21 bits per heavy atom. The van der Waals surface area contributed by atoms with Crippen molar-refractivity contribution in [1.82, 2.24) is 0 Å². The van der Waals surface area contributed by atoms with E-state index in [2.05, 4.69) is 20.4 Å². The first-order chi connectivity index (χ1) is 10.6. The van der Waals surface area contributed by atoms with Crippen molar-refractivity contribution in [3.63, 3.8) is 0 Å². The number of ether oxygens (including phenoxy) is 2. The Hall–Kier alpha value is -0.830. The maximum Gasteiger partial charge on any atom is 0.333 e. The molecule has 0 aliphatic heterocycles. The minimum absolute atomic E-state index is 0. The van der Waals surface area contributed by atoms with Gasteiger partial charge in [-0.05, 0) is 13.3 Å². The Bertz CT molecular complexity index is 241. The van der Waals surface area contributed by atoms with Crippen LogP contribution in [0.25, 0.3) is 0 Å². The Balaban J connectivity index is -0.000000156. The molecule has 0 heterocycles. The van der Waals surface area contributed by atoms with Crippen LogP contribution in [0.4, 0.5) is 0 Å². The zero-order chi connectivity index (χ0) is 17.1. The summed E-state index contributed by atoms with van der Waals surface area (Å²) in [5.74, 6) is -0.352.